The first-order valence-electron chi connectivity index (χ1n) is 6.67. The van der Waals surface area contributed by atoms with Crippen molar-refractivity contribution in [3.63, 3.8) is 0 Å². The molecule has 0 unspecified atom stereocenters. The molecule has 0 heterocycles. The van der Waals surface area contributed by atoms with Crippen LogP contribution in [-0.2, 0) is 16.6 Å². The van der Waals surface area contributed by atoms with E-state index in [1.165, 1.54) is 0 Å². The van der Waals surface area contributed by atoms with Gasteiger partial charge in [0.2, 0.25) is 10.0 Å². The van der Waals surface area contributed by atoms with Crippen molar-refractivity contribution in [3.05, 3.63) is 29.8 Å². The van der Waals surface area contributed by atoms with E-state index in [1.54, 1.807) is 19.1 Å². The highest BCUT2D eigenvalue weighted by molar-refractivity contribution is 7.89. The summed E-state index contributed by atoms with van der Waals surface area (Å²) in [4.78, 5) is 0.287. The highest BCUT2D eigenvalue weighted by atomic mass is 32.2. The number of benzene rings is 1. The quantitative estimate of drug-likeness (QED) is 0.596. The van der Waals surface area contributed by atoms with Crippen LogP contribution in [0.15, 0.2) is 29.2 Å². The summed E-state index contributed by atoms with van der Waals surface area (Å²) in [6.07, 6.45) is 0.520. The van der Waals surface area contributed by atoms with Crippen molar-refractivity contribution in [1.29, 1.82) is 0 Å². The highest BCUT2D eigenvalue weighted by Gasteiger charge is 2.12. The maximum Gasteiger partial charge on any atom is 0.240 e. The zero-order valence-electron chi connectivity index (χ0n) is 12.2. The van der Waals surface area contributed by atoms with Crippen LogP contribution in [-0.4, -0.2) is 21.0 Å². The van der Waals surface area contributed by atoms with E-state index in [-0.39, 0.29) is 4.90 Å². The zero-order chi connectivity index (χ0) is 15.0. The molecule has 1 rings (SSSR count). The van der Waals surface area contributed by atoms with Gasteiger partial charge in [0.1, 0.15) is 0 Å². The summed E-state index contributed by atoms with van der Waals surface area (Å²) < 4.78 is 26.5. The fraction of sp³-hybridized carbons (Fsp3) is 0.467. The maximum absolute atomic E-state index is 12.0. The molecule has 0 aromatic heterocycles. The van der Waals surface area contributed by atoms with Crippen LogP contribution in [0, 0.1) is 11.8 Å². The Bertz CT molecular complexity index is 566. The van der Waals surface area contributed by atoms with Gasteiger partial charge in [-0.2, -0.15) is 0 Å². The van der Waals surface area contributed by atoms with Gasteiger partial charge in [-0.15, -0.1) is 11.8 Å². The molecular weight excluding hydrogens is 272 g/mol. The van der Waals surface area contributed by atoms with Gasteiger partial charge in [-0.3, -0.25) is 0 Å². The standard InChI is InChI=1S/C15H22N2O2S/c1-4-5-6-11-17-20(18,19)15-9-7-14(8-10-15)12-16-13(2)3/h7-10,13,16-17H,6,11-12H2,1-3H3. The van der Waals surface area contributed by atoms with Gasteiger partial charge in [-0.05, 0) is 24.6 Å². The monoisotopic (exact) mass is 294 g/mol. The SMILES string of the molecule is CC#CCCNS(=O)(=O)c1ccc(CNC(C)C)cc1. The minimum atomic E-state index is -3.43. The molecule has 0 aliphatic carbocycles. The van der Waals surface area contributed by atoms with Gasteiger partial charge < -0.3 is 5.32 Å². The van der Waals surface area contributed by atoms with Gasteiger partial charge in [-0.25, -0.2) is 13.1 Å². The van der Waals surface area contributed by atoms with E-state index < -0.39 is 10.0 Å². The van der Waals surface area contributed by atoms with E-state index in [4.69, 9.17) is 0 Å². The Balaban J connectivity index is 2.63. The second-order valence-corrected chi connectivity index (χ2v) is 6.52. The van der Waals surface area contributed by atoms with Crippen LogP contribution >= 0.6 is 0 Å². The first-order valence-corrected chi connectivity index (χ1v) is 8.15. The average molecular weight is 294 g/mol. The Labute approximate surface area is 122 Å². The fourth-order valence-electron chi connectivity index (χ4n) is 1.56. The summed E-state index contributed by atoms with van der Waals surface area (Å²) in [5, 5.41) is 3.29. The number of hydrogen-bond donors (Lipinski definition) is 2. The lowest BCUT2D eigenvalue weighted by Gasteiger charge is -2.09. The zero-order valence-corrected chi connectivity index (χ0v) is 13.0. The molecule has 0 aliphatic heterocycles. The van der Waals surface area contributed by atoms with E-state index in [9.17, 15) is 8.42 Å². The maximum atomic E-state index is 12.0. The van der Waals surface area contributed by atoms with Crippen molar-refractivity contribution < 1.29 is 8.42 Å². The molecule has 5 heteroatoms. The van der Waals surface area contributed by atoms with Crippen molar-refractivity contribution in [2.24, 2.45) is 0 Å². The third kappa shape index (κ3) is 5.74. The molecule has 0 radical (unpaired) electrons. The Morgan fingerprint density at radius 2 is 1.85 bits per heavy atom. The Morgan fingerprint density at radius 1 is 1.20 bits per heavy atom. The summed E-state index contributed by atoms with van der Waals surface area (Å²) >= 11 is 0. The summed E-state index contributed by atoms with van der Waals surface area (Å²) in [5.74, 6) is 5.56. The first kappa shape index (κ1) is 16.7. The molecule has 1 aromatic carbocycles. The minimum Gasteiger partial charge on any atom is -0.310 e. The molecule has 0 aliphatic rings. The lowest BCUT2D eigenvalue weighted by atomic mass is 10.2. The number of sulfonamides is 1. The number of hydrogen-bond acceptors (Lipinski definition) is 3. The molecule has 0 bridgehead atoms. The van der Waals surface area contributed by atoms with Crippen LogP contribution in [0.1, 0.15) is 32.8 Å². The van der Waals surface area contributed by atoms with Crippen molar-refractivity contribution in [1.82, 2.24) is 10.0 Å². The second-order valence-electron chi connectivity index (χ2n) is 4.75. The van der Waals surface area contributed by atoms with E-state index in [0.717, 1.165) is 12.1 Å². The summed E-state index contributed by atoms with van der Waals surface area (Å²) in [6, 6.07) is 7.32. The predicted molar refractivity (Wildman–Crippen MR) is 81.7 cm³/mol. The summed E-state index contributed by atoms with van der Waals surface area (Å²) in [6.45, 7) is 6.94. The second kappa shape index (κ2) is 8.05. The van der Waals surface area contributed by atoms with Gasteiger partial charge in [0.25, 0.3) is 0 Å². The van der Waals surface area contributed by atoms with E-state index in [0.29, 0.717) is 19.0 Å². The van der Waals surface area contributed by atoms with Crippen LogP contribution in [0.3, 0.4) is 0 Å². The average Bonchev–Trinajstić information content (AvgIpc) is 2.42. The van der Waals surface area contributed by atoms with Crippen LogP contribution in [0.5, 0.6) is 0 Å². The molecular formula is C15H22N2O2S. The van der Waals surface area contributed by atoms with Crippen molar-refractivity contribution in [3.8, 4) is 11.8 Å². The highest BCUT2D eigenvalue weighted by Crippen LogP contribution is 2.10. The van der Waals surface area contributed by atoms with E-state index in [1.807, 2.05) is 12.1 Å². The Kier molecular flexibility index (Phi) is 6.73. The summed E-state index contributed by atoms with van der Waals surface area (Å²) in [5.41, 5.74) is 1.06. The van der Waals surface area contributed by atoms with Crippen LogP contribution in [0.25, 0.3) is 0 Å². The molecule has 0 saturated heterocycles. The molecule has 2 N–H and O–H groups in total. The first-order chi connectivity index (χ1) is 9.45. The fourth-order valence-corrected chi connectivity index (χ4v) is 2.60. The van der Waals surface area contributed by atoms with Crippen LogP contribution in [0.2, 0.25) is 0 Å². The molecule has 0 amide bonds. The molecule has 110 valence electrons. The van der Waals surface area contributed by atoms with Gasteiger partial charge in [-0.1, -0.05) is 26.0 Å². The molecule has 0 fully saturated rings. The molecule has 20 heavy (non-hydrogen) atoms. The number of rotatable bonds is 7. The lowest BCUT2D eigenvalue weighted by molar-refractivity contribution is 0.581. The van der Waals surface area contributed by atoms with Gasteiger partial charge in [0, 0.05) is 25.6 Å². The molecule has 0 atom stereocenters. The van der Waals surface area contributed by atoms with E-state index >= 15 is 0 Å². The lowest BCUT2D eigenvalue weighted by Crippen LogP contribution is -2.25. The molecule has 0 spiro atoms. The van der Waals surface area contributed by atoms with Gasteiger partial charge >= 0.3 is 0 Å². The normalized spacial score (nSPS) is 11.2. The Hall–Kier alpha value is -1.35. The van der Waals surface area contributed by atoms with Gasteiger partial charge in [0.15, 0.2) is 0 Å². The molecule has 1 aromatic rings. The summed E-state index contributed by atoms with van der Waals surface area (Å²) in [7, 11) is -3.43. The number of nitrogens with one attached hydrogen (secondary N) is 2. The minimum absolute atomic E-state index is 0.287. The topological polar surface area (TPSA) is 58.2 Å². The van der Waals surface area contributed by atoms with E-state index in [2.05, 4.69) is 35.7 Å². The van der Waals surface area contributed by atoms with Crippen LogP contribution < -0.4 is 10.0 Å². The molecule has 0 saturated carbocycles. The Morgan fingerprint density at radius 3 is 2.40 bits per heavy atom. The molecule has 4 nitrogen and oxygen atoms in total. The van der Waals surface area contributed by atoms with Crippen molar-refractivity contribution in [2.45, 2.75) is 44.7 Å². The smallest absolute Gasteiger partial charge is 0.240 e. The largest absolute Gasteiger partial charge is 0.310 e. The van der Waals surface area contributed by atoms with Gasteiger partial charge in [0.05, 0.1) is 4.90 Å². The third-order valence-electron chi connectivity index (χ3n) is 2.67. The van der Waals surface area contributed by atoms with Crippen molar-refractivity contribution in [2.75, 3.05) is 6.54 Å². The van der Waals surface area contributed by atoms with Crippen LogP contribution in [0.4, 0.5) is 0 Å². The predicted octanol–water partition coefficient (Wildman–Crippen LogP) is 1.88. The third-order valence-corrected chi connectivity index (χ3v) is 4.14. The van der Waals surface area contributed by atoms with Crippen molar-refractivity contribution >= 4 is 10.0 Å².